The number of esters is 1. The van der Waals surface area contributed by atoms with Crippen molar-refractivity contribution in [2.45, 2.75) is 6.92 Å². The average molecular weight is 329 g/mol. The highest BCUT2D eigenvalue weighted by Gasteiger charge is 2.20. The molecule has 1 aromatic carbocycles. The number of carbonyl (C=O) groups excluding carboxylic acids is 1. The van der Waals surface area contributed by atoms with Gasteiger partial charge in [-0.05, 0) is 19.1 Å². The molecule has 0 amide bonds. The maximum Gasteiger partial charge on any atom is 0.340 e. The van der Waals surface area contributed by atoms with Gasteiger partial charge < -0.3 is 9.72 Å². The fourth-order valence-corrected chi connectivity index (χ4v) is 2.64. The van der Waals surface area contributed by atoms with Crippen LogP contribution in [0.4, 0.5) is 0 Å². The molecule has 5 nitrogen and oxygen atoms in total. The normalized spacial score (nSPS) is 10.7. The van der Waals surface area contributed by atoms with E-state index in [1.54, 1.807) is 31.2 Å². The third-order valence-corrected chi connectivity index (χ3v) is 3.72. The average Bonchev–Trinajstić information content (AvgIpc) is 2.54. The molecule has 3 aromatic rings. The zero-order valence-corrected chi connectivity index (χ0v) is 13.1. The van der Waals surface area contributed by atoms with Gasteiger partial charge in [0.1, 0.15) is 0 Å². The molecule has 6 heteroatoms. The molecule has 0 spiro atoms. The fraction of sp³-hybridized carbons (Fsp3) is 0.118. The summed E-state index contributed by atoms with van der Waals surface area (Å²) < 4.78 is 5.10. The molecule has 0 saturated heterocycles. The number of rotatable bonds is 3. The predicted octanol–water partition coefficient (Wildman–Crippen LogP) is 3.42. The van der Waals surface area contributed by atoms with Gasteiger partial charge in [-0.2, -0.15) is 0 Å². The molecule has 2 aromatic heterocycles. The Bertz CT molecular complexity index is 950. The Hall–Kier alpha value is -2.66. The first kappa shape index (κ1) is 15.2. The SMILES string of the molecule is CCOC(=O)c1cnc2ccc(=O)[nH]c2c1-c1ccccc1Cl. The van der Waals surface area contributed by atoms with Crippen molar-refractivity contribution in [2.75, 3.05) is 6.61 Å². The highest BCUT2D eigenvalue weighted by atomic mass is 35.5. The molecule has 0 fully saturated rings. The molecule has 3 rings (SSSR count). The van der Waals surface area contributed by atoms with E-state index in [2.05, 4.69) is 9.97 Å². The summed E-state index contributed by atoms with van der Waals surface area (Å²) in [5, 5.41) is 0.468. The first-order valence-corrected chi connectivity index (χ1v) is 7.43. The summed E-state index contributed by atoms with van der Waals surface area (Å²) >= 11 is 6.29. The van der Waals surface area contributed by atoms with Gasteiger partial charge in [0.2, 0.25) is 5.56 Å². The topological polar surface area (TPSA) is 72.0 Å². The summed E-state index contributed by atoms with van der Waals surface area (Å²) in [5.74, 6) is -0.512. The summed E-state index contributed by atoms with van der Waals surface area (Å²) in [6, 6.07) is 10.1. The molecule has 2 heterocycles. The van der Waals surface area contributed by atoms with E-state index in [0.717, 1.165) is 0 Å². The van der Waals surface area contributed by atoms with Crippen LogP contribution in [0.1, 0.15) is 17.3 Å². The van der Waals surface area contributed by atoms with Crippen LogP contribution < -0.4 is 5.56 Å². The Morgan fingerprint density at radius 1 is 1.26 bits per heavy atom. The summed E-state index contributed by atoms with van der Waals surface area (Å²) in [6.45, 7) is 1.97. The standard InChI is InChI=1S/C17H13ClN2O3/c1-2-23-17(22)11-9-19-13-7-8-14(21)20-16(13)15(11)10-5-3-4-6-12(10)18/h3-9H,2H2,1H3,(H,20,21). The lowest BCUT2D eigenvalue weighted by molar-refractivity contribution is 0.0527. The minimum Gasteiger partial charge on any atom is -0.462 e. The first-order valence-electron chi connectivity index (χ1n) is 7.06. The second-order valence-corrected chi connectivity index (χ2v) is 5.24. The van der Waals surface area contributed by atoms with Gasteiger partial charge in [0.05, 0.1) is 23.2 Å². The Labute approximate surface area is 136 Å². The number of nitrogens with zero attached hydrogens (tertiary/aromatic N) is 1. The number of hydrogen-bond acceptors (Lipinski definition) is 4. The second-order valence-electron chi connectivity index (χ2n) is 4.83. The van der Waals surface area contributed by atoms with E-state index in [1.807, 2.05) is 6.07 Å². The van der Waals surface area contributed by atoms with Crippen LogP contribution in [0.25, 0.3) is 22.2 Å². The zero-order chi connectivity index (χ0) is 16.4. The van der Waals surface area contributed by atoms with Gasteiger partial charge in [0.15, 0.2) is 0 Å². The fourth-order valence-electron chi connectivity index (χ4n) is 2.41. The van der Waals surface area contributed by atoms with E-state index >= 15 is 0 Å². The van der Waals surface area contributed by atoms with Crippen molar-refractivity contribution in [1.82, 2.24) is 9.97 Å². The number of carbonyl (C=O) groups is 1. The quantitative estimate of drug-likeness (QED) is 0.748. The molecule has 116 valence electrons. The van der Waals surface area contributed by atoms with Crippen LogP contribution in [-0.4, -0.2) is 22.5 Å². The van der Waals surface area contributed by atoms with Crippen molar-refractivity contribution in [3.8, 4) is 11.1 Å². The number of nitrogens with one attached hydrogen (secondary N) is 1. The Balaban J connectivity index is 2.40. The van der Waals surface area contributed by atoms with Crippen molar-refractivity contribution in [1.29, 1.82) is 0 Å². The molecule has 0 aliphatic heterocycles. The Kier molecular flexibility index (Phi) is 4.12. The van der Waals surface area contributed by atoms with Crippen LogP contribution >= 0.6 is 11.6 Å². The molecule has 1 N–H and O–H groups in total. The number of fused-ring (bicyclic) bond motifs is 1. The molecular formula is C17H13ClN2O3. The summed E-state index contributed by atoms with van der Waals surface area (Å²) in [6.07, 6.45) is 1.44. The van der Waals surface area contributed by atoms with Gasteiger partial charge >= 0.3 is 5.97 Å². The Morgan fingerprint density at radius 2 is 2.04 bits per heavy atom. The van der Waals surface area contributed by atoms with Crippen molar-refractivity contribution < 1.29 is 9.53 Å². The van der Waals surface area contributed by atoms with Crippen LogP contribution in [0, 0.1) is 0 Å². The van der Waals surface area contributed by atoms with Gasteiger partial charge in [-0.3, -0.25) is 9.78 Å². The van der Waals surface area contributed by atoms with Crippen LogP contribution in [0.3, 0.4) is 0 Å². The molecule has 0 saturated carbocycles. The van der Waals surface area contributed by atoms with Crippen LogP contribution in [-0.2, 0) is 4.74 Å². The van der Waals surface area contributed by atoms with Crippen molar-refractivity contribution in [2.24, 2.45) is 0 Å². The van der Waals surface area contributed by atoms with E-state index in [1.165, 1.54) is 12.3 Å². The number of aromatic nitrogens is 2. The van der Waals surface area contributed by atoms with Gasteiger partial charge in [0.25, 0.3) is 0 Å². The molecule has 0 bridgehead atoms. The van der Waals surface area contributed by atoms with Crippen LogP contribution in [0.15, 0.2) is 47.4 Å². The lowest BCUT2D eigenvalue weighted by atomic mass is 9.99. The number of H-pyrrole nitrogens is 1. The van der Waals surface area contributed by atoms with Crippen LogP contribution in [0.2, 0.25) is 5.02 Å². The highest BCUT2D eigenvalue weighted by molar-refractivity contribution is 6.34. The first-order chi connectivity index (χ1) is 11.1. The largest absolute Gasteiger partial charge is 0.462 e. The van der Waals surface area contributed by atoms with Crippen molar-refractivity contribution >= 4 is 28.6 Å². The minimum atomic E-state index is -0.512. The monoisotopic (exact) mass is 328 g/mol. The van der Waals surface area contributed by atoms with Crippen molar-refractivity contribution in [3.63, 3.8) is 0 Å². The van der Waals surface area contributed by atoms with E-state index in [9.17, 15) is 9.59 Å². The summed E-state index contributed by atoms with van der Waals surface area (Å²) in [7, 11) is 0. The molecule has 23 heavy (non-hydrogen) atoms. The molecule has 0 radical (unpaired) electrons. The maximum atomic E-state index is 12.3. The number of hydrogen-bond donors (Lipinski definition) is 1. The summed E-state index contributed by atoms with van der Waals surface area (Å²) in [5.41, 5.74) is 2.13. The minimum absolute atomic E-state index is 0.240. The predicted molar refractivity (Wildman–Crippen MR) is 88.8 cm³/mol. The van der Waals surface area contributed by atoms with Gasteiger partial charge in [-0.15, -0.1) is 0 Å². The van der Waals surface area contributed by atoms with Crippen LogP contribution in [0.5, 0.6) is 0 Å². The molecule has 0 aliphatic carbocycles. The molecule has 0 aliphatic rings. The van der Waals surface area contributed by atoms with E-state index in [4.69, 9.17) is 16.3 Å². The molecule has 0 atom stereocenters. The Morgan fingerprint density at radius 3 is 2.78 bits per heavy atom. The van der Waals surface area contributed by atoms with E-state index in [0.29, 0.717) is 27.2 Å². The number of benzene rings is 1. The number of pyridine rings is 2. The maximum absolute atomic E-state index is 12.3. The third kappa shape index (κ3) is 2.83. The second kappa shape index (κ2) is 6.22. The van der Waals surface area contributed by atoms with Gasteiger partial charge in [0, 0.05) is 28.4 Å². The lowest BCUT2D eigenvalue weighted by Gasteiger charge is -2.13. The zero-order valence-electron chi connectivity index (χ0n) is 12.3. The molecular weight excluding hydrogens is 316 g/mol. The number of aromatic amines is 1. The number of ether oxygens (including phenoxy) is 1. The van der Waals surface area contributed by atoms with E-state index in [-0.39, 0.29) is 17.7 Å². The van der Waals surface area contributed by atoms with Crippen molar-refractivity contribution in [3.05, 3.63) is 63.5 Å². The van der Waals surface area contributed by atoms with Gasteiger partial charge in [-0.25, -0.2) is 4.79 Å². The van der Waals surface area contributed by atoms with Gasteiger partial charge in [-0.1, -0.05) is 29.8 Å². The third-order valence-electron chi connectivity index (χ3n) is 3.39. The van der Waals surface area contributed by atoms with E-state index < -0.39 is 5.97 Å². The molecule has 0 unspecified atom stereocenters. The lowest BCUT2D eigenvalue weighted by Crippen LogP contribution is -2.10. The smallest absolute Gasteiger partial charge is 0.340 e. The summed E-state index contributed by atoms with van der Waals surface area (Å²) in [4.78, 5) is 31.0. The highest BCUT2D eigenvalue weighted by Crippen LogP contribution is 2.34. The number of halogens is 1.